The van der Waals surface area contributed by atoms with Crippen LogP contribution in [-0.4, -0.2) is 17.4 Å². The SMILES string of the molecule is CCCCCN=C(c1cc(Cl)ccc1O)c1ccccc1F. The number of rotatable bonds is 6. The average Bonchev–Trinajstić information content (AvgIpc) is 2.51. The monoisotopic (exact) mass is 319 g/mol. The molecule has 0 aliphatic rings. The zero-order valence-electron chi connectivity index (χ0n) is 12.5. The normalized spacial score (nSPS) is 11.7. The number of benzene rings is 2. The Balaban J connectivity index is 2.46. The second kappa shape index (κ2) is 7.95. The highest BCUT2D eigenvalue weighted by atomic mass is 35.5. The third-order valence-corrected chi connectivity index (χ3v) is 3.61. The van der Waals surface area contributed by atoms with Gasteiger partial charge in [0.05, 0.1) is 5.71 Å². The molecule has 0 atom stereocenters. The first-order chi connectivity index (χ1) is 10.6. The molecule has 116 valence electrons. The summed E-state index contributed by atoms with van der Waals surface area (Å²) in [5, 5.41) is 10.6. The minimum Gasteiger partial charge on any atom is -0.507 e. The van der Waals surface area contributed by atoms with E-state index in [4.69, 9.17) is 11.6 Å². The number of hydrogen-bond donors (Lipinski definition) is 1. The third-order valence-electron chi connectivity index (χ3n) is 3.37. The van der Waals surface area contributed by atoms with E-state index in [0.717, 1.165) is 19.3 Å². The Morgan fingerprint density at radius 2 is 1.91 bits per heavy atom. The number of halogens is 2. The topological polar surface area (TPSA) is 32.6 Å². The van der Waals surface area contributed by atoms with Crippen LogP contribution in [0.2, 0.25) is 5.02 Å². The molecule has 4 heteroatoms. The van der Waals surface area contributed by atoms with E-state index >= 15 is 0 Å². The number of phenolic OH excluding ortho intramolecular Hbond substituents is 1. The molecule has 0 saturated heterocycles. The fourth-order valence-corrected chi connectivity index (χ4v) is 2.39. The van der Waals surface area contributed by atoms with Crippen molar-refractivity contribution in [3.63, 3.8) is 0 Å². The molecule has 0 amide bonds. The molecule has 0 aliphatic heterocycles. The molecule has 1 N–H and O–H groups in total. The Kier molecular flexibility index (Phi) is 5.96. The van der Waals surface area contributed by atoms with E-state index in [1.807, 2.05) is 0 Å². The molecule has 22 heavy (non-hydrogen) atoms. The van der Waals surface area contributed by atoms with Crippen LogP contribution in [0.15, 0.2) is 47.5 Å². The average molecular weight is 320 g/mol. The molecule has 0 radical (unpaired) electrons. The summed E-state index contributed by atoms with van der Waals surface area (Å²) in [6.45, 7) is 2.70. The van der Waals surface area contributed by atoms with E-state index in [-0.39, 0.29) is 11.6 Å². The predicted octanol–water partition coefficient (Wildman–Crippen LogP) is 5.21. The first-order valence-corrected chi connectivity index (χ1v) is 7.79. The highest BCUT2D eigenvalue weighted by Crippen LogP contribution is 2.26. The Morgan fingerprint density at radius 3 is 2.64 bits per heavy atom. The smallest absolute Gasteiger partial charge is 0.132 e. The Labute approximate surface area is 135 Å². The molecule has 2 aromatic carbocycles. The second-order valence-electron chi connectivity index (χ2n) is 5.08. The van der Waals surface area contributed by atoms with Crippen molar-refractivity contribution in [1.29, 1.82) is 0 Å². The molecular weight excluding hydrogens is 301 g/mol. The van der Waals surface area contributed by atoms with Crippen molar-refractivity contribution in [2.75, 3.05) is 6.54 Å². The number of nitrogens with zero attached hydrogens (tertiary/aromatic N) is 1. The van der Waals surface area contributed by atoms with Gasteiger partial charge in [0.25, 0.3) is 0 Å². The number of unbranched alkanes of at least 4 members (excludes halogenated alkanes) is 2. The van der Waals surface area contributed by atoms with Gasteiger partial charge in [-0.1, -0.05) is 43.5 Å². The van der Waals surface area contributed by atoms with Gasteiger partial charge in [0, 0.05) is 22.7 Å². The van der Waals surface area contributed by atoms with Crippen LogP contribution in [0.25, 0.3) is 0 Å². The van der Waals surface area contributed by atoms with Crippen LogP contribution in [0.4, 0.5) is 4.39 Å². The summed E-state index contributed by atoms with van der Waals surface area (Å²) in [6, 6.07) is 11.1. The van der Waals surface area contributed by atoms with Crippen molar-refractivity contribution in [2.45, 2.75) is 26.2 Å². The molecule has 0 heterocycles. The summed E-state index contributed by atoms with van der Waals surface area (Å²) < 4.78 is 14.1. The number of aromatic hydroxyl groups is 1. The predicted molar refractivity (Wildman–Crippen MR) is 89.5 cm³/mol. The summed E-state index contributed by atoms with van der Waals surface area (Å²) in [6.07, 6.45) is 3.08. The zero-order chi connectivity index (χ0) is 15.9. The second-order valence-corrected chi connectivity index (χ2v) is 5.52. The molecule has 0 saturated carbocycles. The number of phenols is 1. The molecule has 0 fully saturated rings. The van der Waals surface area contributed by atoms with Gasteiger partial charge in [-0.2, -0.15) is 0 Å². The Bertz CT molecular complexity index is 670. The van der Waals surface area contributed by atoms with E-state index in [1.165, 1.54) is 12.1 Å². The molecule has 0 bridgehead atoms. The Hall–Kier alpha value is -1.87. The van der Waals surface area contributed by atoms with Crippen LogP contribution in [0.5, 0.6) is 5.75 Å². The standard InChI is InChI=1S/C18H19ClFNO/c1-2-3-6-11-21-18(14-7-4-5-8-16(14)20)15-12-13(19)9-10-17(15)22/h4-5,7-10,12,22H,2-3,6,11H2,1H3. The minimum absolute atomic E-state index is 0.0434. The van der Waals surface area contributed by atoms with Gasteiger partial charge >= 0.3 is 0 Å². The van der Waals surface area contributed by atoms with E-state index in [2.05, 4.69) is 11.9 Å². The van der Waals surface area contributed by atoms with Crippen molar-refractivity contribution in [2.24, 2.45) is 4.99 Å². The molecule has 2 nitrogen and oxygen atoms in total. The molecule has 0 unspecified atom stereocenters. The molecule has 0 spiro atoms. The lowest BCUT2D eigenvalue weighted by Gasteiger charge is -2.11. The van der Waals surface area contributed by atoms with Gasteiger partial charge in [-0.05, 0) is 36.8 Å². The van der Waals surface area contributed by atoms with Gasteiger partial charge in [0.2, 0.25) is 0 Å². The van der Waals surface area contributed by atoms with Crippen LogP contribution in [0.3, 0.4) is 0 Å². The van der Waals surface area contributed by atoms with Gasteiger partial charge in [-0.15, -0.1) is 0 Å². The maximum Gasteiger partial charge on any atom is 0.132 e. The van der Waals surface area contributed by atoms with E-state index < -0.39 is 0 Å². The van der Waals surface area contributed by atoms with Gasteiger partial charge in [0.15, 0.2) is 0 Å². The van der Waals surface area contributed by atoms with E-state index in [0.29, 0.717) is 28.4 Å². The first-order valence-electron chi connectivity index (χ1n) is 7.41. The molecule has 2 rings (SSSR count). The summed E-state index contributed by atoms with van der Waals surface area (Å²) >= 11 is 6.01. The zero-order valence-corrected chi connectivity index (χ0v) is 13.3. The van der Waals surface area contributed by atoms with Gasteiger partial charge in [0.1, 0.15) is 11.6 Å². The van der Waals surface area contributed by atoms with E-state index in [9.17, 15) is 9.50 Å². The first kappa shape index (κ1) is 16.5. The lowest BCUT2D eigenvalue weighted by Crippen LogP contribution is -2.07. The van der Waals surface area contributed by atoms with Gasteiger partial charge in [-0.3, -0.25) is 4.99 Å². The molecule has 2 aromatic rings. The van der Waals surface area contributed by atoms with E-state index in [1.54, 1.807) is 30.3 Å². The maximum atomic E-state index is 14.1. The summed E-state index contributed by atoms with van der Waals surface area (Å²) in [5.74, 6) is -0.321. The van der Waals surface area contributed by atoms with Crippen LogP contribution in [0.1, 0.15) is 37.3 Å². The van der Waals surface area contributed by atoms with Crippen molar-refractivity contribution in [3.8, 4) is 5.75 Å². The maximum absolute atomic E-state index is 14.1. The van der Waals surface area contributed by atoms with Gasteiger partial charge < -0.3 is 5.11 Å². The summed E-state index contributed by atoms with van der Waals surface area (Å²) in [7, 11) is 0. The highest BCUT2D eigenvalue weighted by Gasteiger charge is 2.15. The fraction of sp³-hybridized carbons (Fsp3) is 0.278. The van der Waals surface area contributed by atoms with Crippen molar-refractivity contribution >= 4 is 17.3 Å². The van der Waals surface area contributed by atoms with Crippen molar-refractivity contribution < 1.29 is 9.50 Å². The van der Waals surface area contributed by atoms with Crippen molar-refractivity contribution in [1.82, 2.24) is 0 Å². The van der Waals surface area contributed by atoms with Crippen LogP contribution >= 0.6 is 11.6 Å². The lowest BCUT2D eigenvalue weighted by atomic mass is 10.0. The van der Waals surface area contributed by atoms with Crippen molar-refractivity contribution in [3.05, 3.63) is 64.4 Å². The number of aliphatic imine (C=N–C) groups is 1. The lowest BCUT2D eigenvalue weighted by molar-refractivity contribution is 0.474. The van der Waals surface area contributed by atoms with Crippen LogP contribution in [-0.2, 0) is 0 Å². The van der Waals surface area contributed by atoms with Crippen LogP contribution in [0, 0.1) is 5.82 Å². The molecule has 0 aliphatic carbocycles. The number of hydrogen-bond acceptors (Lipinski definition) is 2. The van der Waals surface area contributed by atoms with Crippen LogP contribution < -0.4 is 0 Å². The fourth-order valence-electron chi connectivity index (χ4n) is 2.22. The minimum atomic E-state index is -0.365. The highest BCUT2D eigenvalue weighted by molar-refractivity contribution is 6.31. The molecule has 0 aromatic heterocycles. The third kappa shape index (κ3) is 4.08. The summed E-state index contributed by atoms with van der Waals surface area (Å²) in [4.78, 5) is 4.52. The summed E-state index contributed by atoms with van der Waals surface area (Å²) in [5.41, 5.74) is 1.26. The van der Waals surface area contributed by atoms with Gasteiger partial charge in [-0.25, -0.2) is 4.39 Å². The quantitative estimate of drug-likeness (QED) is 0.575. The largest absolute Gasteiger partial charge is 0.507 e. The molecular formula is C18H19ClFNO. The Morgan fingerprint density at radius 1 is 1.14 bits per heavy atom.